The molecule has 0 saturated carbocycles. The summed E-state index contributed by atoms with van der Waals surface area (Å²) in [5.41, 5.74) is 13.5. The summed E-state index contributed by atoms with van der Waals surface area (Å²) < 4.78 is 4.80. The van der Waals surface area contributed by atoms with Crippen LogP contribution in [0.15, 0.2) is 194 Å². The highest BCUT2D eigenvalue weighted by molar-refractivity contribution is 6.36. The maximum absolute atomic E-state index is 5.54. The zero-order valence-electron chi connectivity index (χ0n) is 31.3. The Morgan fingerprint density at radius 3 is 1.74 bits per heavy atom. The number of hydrogen-bond acceptors (Lipinski definition) is 2. The van der Waals surface area contributed by atoms with Crippen LogP contribution in [0.1, 0.15) is 0 Å². The highest BCUT2D eigenvalue weighted by Crippen LogP contribution is 2.48. The van der Waals surface area contributed by atoms with Crippen LogP contribution in [0.25, 0.3) is 121 Å². The van der Waals surface area contributed by atoms with Gasteiger partial charge < -0.3 is 4.40 Å². The van der Waals surface area contributed by atoms with Crippen molar-refractivity contribution >= 4 is 81.6 Å². The summed E-state index contributed by atoms with van der Waals surface area (Å²) in [4.78, 5) is 10.9. The van der Waals surface area contributed by atoms with E-state index in [1.807, 2.05) is 0 Å². The van der Waals surface area contributed by atoms with E-state index < -0.39 is 0 Å². The van der Waals surface area contributed by atoms with Gasteiger partial charge in [0.05, 0.1) is 38.8 Å². The zero-order valence-corrected chi connectivity index (χ0v) is 31.3. The van der Waals surface area contributed by atoms with Crippen LogP contribution in [0.4, 0.5) is 0 Å². The van der Waals surface area contributed by atoms with Crippen LogP contribution in [-0.2, 0) is 0 Å². The van der Waals surface area contributed by atoms with Gasteiger partial charge in [-0.25, -0.2) is 9.97 Å². The van der Waals surface area contributed by atoms with Crippen molar-refractivity contribution in [3.63, 3.8) is 0 Å². The van der Waals surface area contributed by atoms with Crippen molar-refractivity contribution in [3.8, 4) is 39.5 Å². The average molecular weight is 737 g/mol. The normalized spacial score (nSPS) is 12.1. The number of para-hydroxylation sites is 2. The van der Waals surface area contributed by atoms with E-state index >= 15 is 0 Å². The predicted molar refractivity (Wildman–Crippen MR) is 242 cm³/mol. The molecule has 0 saturated heterocycles. The second kappa shape index (κ2) is 11.8. The third-order valence-electron chi connectivity index (χ3n) is 12.2. The van der Waals surface area contributed by atoms with Crippen molar-refractivity contribution in [2.45, 2.75) is 0 Å². The molecule has 13 aromatic rings. The van der Waals surface area contributed by atoms with E-state index in [4.69, 9.17) is 9.97 Å². The molecule has 0 bridgehead atoms. The molecule has 0 amide bonds. The van der Waals surface area contributed by atoms with Gasteiger partial charge in [0.15, 0.2) is 0 Å². The van der Waals surface area contributed by atoms with Gasteiger partial charge in [0, 0.05) is 43.3 Å². The zero-order chi connectivity index (χ0) is 37.9. The lowest BCUT2D eigenvalue weighted by molar-refractivity contribution is 1.01. The van der Waals surface area contributed by atoms with Crippen LogP contribution >= 0.6 is 0 Å². The van der Waals surface area contributed by atoms with E-state index in [0.29, 0.717) is 5.95 Å². The molecule has 4 heterocycles. The molecule has 0 N–H and O–H groups in total. The molecule has 0 unspecified atom stereocenters. The third-order valence-corrected chi connectivity index (χ3v) is 12.2. The van der Waals surface area contributed by atoms with Crippen LogP contribution in [0.2, 0.25) is 0 Å². The summed E-state index contributed by atoms with van der Waals surface area (Å²) in [5.74, 6) is 0.654. The molecule has 0 fully saturated rings. The molecular weight excluding hydrogens is 705 g/mol. The number of rotatable bonds is 4. The van der Waals surface area contributed by atoms with E-state index in [1.165, 1.54) is 81.9 Å². The second-order valence-corrected chi connectivity index (χ2v) is 15.4. The Morgan fingerprint density at radius 2 is 0.948 bits per heavy atom. The third kappa shape index (κ3) is 4.40. The Kier molecular flexibility index (Phi) is 6.41. The molecule has 9 aromatic carbocycles. The second-order valence-electron chi connectivity index (χ2n) is 15.4. The van der Waals surface area contributed by atoms with Gasteiger partial charge in [-0.05, 0) is 81.6 Å². The molecule has 58 heavy (non-hydrogen) atoms. The van der Waals surface area contributed by atoms with Crippen molar-refractivity contribution in [1.82, 2.24) is 18.9 Å². The minimum absolute atomic E-state index is 0.654. The average Bonchev–Trinajstić information content (AvgIpc) is 3.93. The number of fused-ring (bicyclic) bond motifs is 12. The SMILES string of the molecule is c1ccc(-c2ccc3c(c2)c2c4c5ccccc5n5c6ccc(-c7ccccc7)cc6c(cc2n3-c2nc(-c3ccc6ccccc6c3)c3ccccc3n2)c45)cc1. The molecule has 4 nitrogen and oxygen atoms in total. The first kappa shape index (κ1) is 31.4. The Labute approximate surface area is 332 Å². The van der Waals surface area contributed by atoms with Crippen LogP contribution in [0.3, 0.4) is 0 Å². The Morgan fingerprint density at radius 1 is 0.328 bits per heavy atom. The molecule has 4 aromatic heterocycles. The predicted octanol–water partition coefficient (Wildman–Crippen LogP) is 14.0. The fourth-order valence-corrected chi connectivity index (χ4v) is 9.62. The summed E-state index contributed by atoms with van der Waals surface area (Å²) in [7, 11) is 0. The van der Waals surface area contributed by atoms with Crippen molar-refractivity contribution in [3.05, 3.63) is 194 Å². The van der Waals surface area contributed by atoms with E-state index in [0.717, 1.165) is 33.2 Å². The highest BCUT2D eigenvalue weighted by Gasteiger charge is 2.26. The van der Waals surface area contributed by atoms with Gasteiger partial charge in [0.2, 0.25) is 5.95 Å². The maximum Gasteiger partial charge on any atom is 0.235 e. The van der Waals surface area contributed by atoms with Gasteiger partial charge in [0.25, 0.3) is 0 Å². The summed E-state index contributed by atoms with van der Waals surface area (Å²) in [5, 5.41) is 10.7. The molecule has 4 heteroatoms. The van der Waals surface area contributed by atoms with Gasteiger partial charge in [-0.15, -0.1) is 0 Å². The van der Waals surface area contributed by atoms with Gasteiger partial charge in [0.1, 0.15) is 0 Å². The van der Waals surface area contributed by atoms with Crippen LogP contribution in [0.5, 0.6) is 0 Å². The lowest BCUT2D eigenvalue weighted by atomic mass is 9.98. The monoisotopic (exact) mass is 736 g/mol. The molecule has 0 spiro atoms. The van der Waals surface area contributed by atoms with Gasteiger partial charge >= 0.3 is 0 Å². The number of nitrogens with zero attached hydrogens (tertiary/aromatic N) is 4. The van der Waals surface area contributed by atoms with Gasteiger partial charge in [-0.1, -0.05) is 146 Å². The minimum atomic E-state index is 0.654. The lowest BCUT2D eigenvalue weighted by Crippen LogP contribution is -2.03. The maximum atomic E-state index is 5.54. The lowest BCUT2D eigenvalue weighted by Gasteiger charge is -2.12. The molecule has 0 aliphatic heterocycles. The minimum Gasteiger partial charge on any atom is -0.308 e. The summed E-state index contributed by atoms with van der Waals surface area (Å²) in [6.07, 6.45) is 0. The topological polar surface area (TPSA) is 35.1 Å². The molecule has 0 radical (unpaired) electrons. The first-order valence-corrected chi connectivity index (χ1v) is 19.8. The molecular formula is C54H32N4. The molecule has 0 atom stereocenters. The van der Waals surface area contributed by atoms with Crippen molar-refractivity contribution in [2.75, 3.05) is 0 Å². The number of hydrogen-bond donors (Lipinski definition) is 0. The van der Waals surface area contributed by atoms with Crippen molar-refractivity contribution in [2.24, 2.45) is 0 Å². The van der Waals surface area contributed by atoms with Gasteiger partial charge in [-0.2, -0.15) is 0 Å². The fourth-order valence-electron chi connectivity index (χ4n) is 9.62. The summed E-state index contributed by atoms with van der Waals surface area (Å²) in [6.45, 7) is 0. The fraction of sp³-hybridized carbons (Fsp3) is 0. The molecule has 13 rings (SSSR count). The molecule has 0 aliphatic rings. The van der Waals surface area contributed by atoms with E-state index in [9.17, 15) is 0 Å². The Bertz CT molecular complexity index is 3780. The first-order valence-electron chi connectivity index (χ1n) is 19.8. The first-order chi connectivity index (χ1) is 28.8. The molecule has 0 aliphatic carbocycles. The standard InChI is InChI=1S/C54H32N4/c1-3-13-33(14-4-1)37-25-27-47-42(30-37)43-32-49-50(51-41-20-10-12-22-46(41)57(47)53(43)51)44-31-38(34-15-5-2-6-16-34)26-28-48(44)58(49)54-55-45-21-11-9-19-40(45)52(56-54)39-24-23-35-17-7-8-18-36(35)29-39/h1-32H. The van der Waals surface area contributed by atoms with E-state index in [1.54, 1.807) is 0 Å². The highest BCUT2D eigenvalue weighted by atomic mass is 15.2. The van der Waals surface area contributed by atoms with Crippen LogP contribution in [-0.4, -0.2) is 18.9 Å². The Balaban J connectivity index is 1.20. The van der Waals surface area contributed by atoms with Crippen molar-refractivity contribution in [1.29, 1.82) is 0 Å². The van der Waals surface area contributed by atoms with Crippen molar-refractivity contribution < 1.29 is 0 Å². The smallest absolute Gasteiger partial charge is 0.235 e. The van der Waals surface area contributed by atoms with Crippen LogP contribution in [0, 0.1) is 0 Å². The summed E-state index contributed by atoms with van der Waals surface area (Å²) in [6, 6.07) is 70.1. The van der Waals surface area contributed by atoms with E-state index in [2.05, 4.69) is 203 Å². The quantitative estimate of drug-likeness (QED) is 0.180. The Hall–Kier alpha value is -7.82. The summed E-state index contributed by atoms with van der Waals surface area (Å²) >= 11 is 0. The largest absolute Gasteiger partial charge is 0.308 e. The van der Waals surface area contributed by atoms with Gasteiger partial charge in [-0.3, -0.25) is 4.57 Å². The van der Waals surface area contributed by atoms with Crippen LogP contribution < -0.4 is 0 Å². The van der Waals surface area contributed by atoms with E-state index in [-0.39, 0.29) is 0 Å². The number of benzene rings is 9. The molecule has 268 valence electrons. The number of aromatic nitrogens is 4.